The third-order valence-corrected chi connectivity index (χ3v) is 5.52. The van der Waals surface area contributed by atoms with Gasteiger partial charge >= 0.3 is 5.97 Å². The number of anilines is 1. The van der Waals surface area contributed by atoms with E-state index in [4.69, 9.17) is 4.42 Å². The van der Waals surface area contributed by atoms with E-state index in [0.29, 0.717) is 46.7 Å². The zero-order valence-electron chi connectivity index (χ0n) is 18.7. The SMILES string of the molecule is COC(=O)c1ccc(NC(=O)c2oc3c(c2C)/C(=N/NC(=O)c2ccc(O)cc2)CCC3)cc1. The number of phenols is 1. The van der Waals surface area contributed by atoms with Crippen molar-refractivity contribution in [2.24, 2.45) is 5.10 Å². The van der Waals surface area contributed by atoms with Crippen molar-refractivity contribution in [3.05, 3.63) is 82.3 Å². The number of aromatic hydroxyl groups is 1. The first kappa shape index (κ1) is 22.8. The number of carbonyl (C=O) groups excluding carboxylic acids is 3. The number of rotatable bonds is 5. The number of hydrogen-bond acceptors (Lipinski definition) is 7. The number of benzene rings is 2. The number of esters is 1. The molecule has 0 spiro atoms. The lowest BCUT2D eigenvalue weighted by Gasteiger charge is -2.13. The first-order valence-electron chi connectivity index (χ1n) is 10.7. The number of nitrogens with zero attached hydrogens (tertiary/aromatic N) is 1. The van der Waals surface area contributed by atoms with Gasteiger partial charge in [0.15, 0.2) is 5.76 Å². The molecule has 0 bridgehead atoms. The van der Waals surface area contributed by atoms with Gasteiger partial charge in [0.05, 0.1) is 18.4 Å². The van der Waals surface area contributed by atoms with Gasteiger partial charge in [0.2, 0.25) is 0 Å². The molecule has 0 saturated carbocycles. The van der Waals surface area contributed by atoms with E-state index in [0.717, 1.165) is 12.0 Å². The second kappa shape index (κ2) is 9.62. The second-order valence-corrected chi connectivity index (χ2v) is 7.78. The normalized spacial score (nSPS) is 13.8. The third-order valence-electron chi connectivity index (χ3n) is 5.52. The summed E-state index contributed by atoms with van der Waals surface area (Å²) in [6.45, 7) is 1.78. The van der Waals surface area contributed by atoms with Gasteiger partial charge in [0, 0.05) is 28.8 Å². The molecule has 9 nitrogen and oxygen atoms in total. The van der Waals surface area contributed by atoms with Crippen molar-refractivity contribution in [3.8, 4) is 5.75 Å². The Morgan fingerprint density at radius 3 is 2.32 bits per heavy atom. The van der Waals surface area contributed by atoms with Crippen molar-refractivity contribution in [2.75, 3.05) is 12.4 Å². The lowest BCUT2D eigenvalue weighted by Crippen LogP contribution is -2.22. The number of ether oxygens (including phenoxy) is 1. The highest BCUT2D eigenvalue weighted by Gasteiger charge is 2.28. The molecule has 0 fully saturated rings. The first-order valence-corrected chi connectivity index (χ1v) is 10.7. The average Bonchev–Trinajstić information content (AvgIpc) is 3.20. The lowest BCUT2D eigenvalue weighted by molar-refractivity contribution is 0.0600. The predicted molar refractivity (Wildman–Crippen MR) is 124 cm³/mol. The highest BCUT2D eigenvalue weighted by Crippen LogP contribution is 2.30. The zero-order valence-corrected chi connectivity index (χ0v) is 18.7. The maximum absolute atomic E-state index is 12.9. The zero-order chi connectivity index (χ0) is 24.2. The first-order chi connectivity index (χ1) is 16.4. The van der Waals surface area contributed by atoms with Gasteiger partial charge in [-0.1, -0.05) is 0 Å². The molecule has 1 aliphatic carbocycles. The summed E-state index contributed by atoms with van der Waals surface area (Å²) >= 11 is 0. The maximum Gasteiger partial charge on any atom is 0.337 e. The predicted octanol–water partition coefficient (Wildman–Crippen LogP) is 3.80. The number of hydrogen-bond donors (Lipinski definition) is 3. The Hall–Kier alpha value is -4.40. The Kier molecular flexibility index (Phi) is 6.44. The van der Waals surface area contributed by atoms with Crippen LogP contribution >= 0.6 is 0 Å². The number of aryl methyl sites for hydroxylation is 1. The number of hydrazone groups is 1. The fourth-order valence-corrected chi connectivity index (χ4v) is 3.79. The Labute approximate surface area is 195 Å². The third kappa shape index (κ3) is 4.68. The van der Waals surface area contributed by atoms with Crippen LogP contribution < -0.4 is 10.7 Å². The molecule has 0 saturated heterocycles. The van der Waals surface area contributed by atoms with Crippen molar-refractivity contribution in [2.45, 2.75) is 26.2 Å². The van der Waals surface area contributed by atoms with Gasteiger partial charge in [-0.2, -0.15) is 5.10 Å². The highest BCUT2D eigenvalue weighted by atomic mass is 16.5. The van der Waals surface area contributed by atoms with E-state index < -0.39 is 17.8 Å². The minimum atomic E-state index is -0.461. The van der Waals surface area contributed by atoms with E-state index >= 15 is 0 Å². The van der Waals surface area contributed by atoms with Crippen molar-refractivity contribution in [1.29, 1.82) is 0 Å². The molecule has 4 rings (SSSR count). The molecular formula is C25H23N3O6. The fraction of sp³-hybridized carbons (Fsp3) is 0.200. The van der Waals surface area contributed by atoms with Gasteiger partial charge in [-0.05, 0) is 68.3 Å². The molecule has 1 aliphatic rings. The van der Waals surface area contributed by atoms with Crippen molar-refractivity contribution in [1.82, 2.24) is 5.43 Å². The van der Waals surface area contributed by atoms with Gasteiger partial charge < -0.3 is 19.6 Å². The molecule has 0 aliphatic heterocycles. The topological polar surface area (TPSA) is 130 Å². The standard InChI is InChI=1S/C25H23N3O6/c1-14-21-19(27-28-23(30)15-8-12-18(29)13-9-15)4-3-5-20(21)34-22(14)24(31)26-17-10-6-16(7-11-17)25(32)33-2/h6-13,29H,3-5H2,1-2H3,(H,26,31)(H,28,30)/b27-19+. The van der Waals surface area contributed by atoms with Gasteiger partial charge in [-0.25, -0.2) is 10.2 Å². The van der Waals surface area contributed by atoms with Gasteiger partial charge in [0.25, 0.3) is 11.8 Å². The molecule has 0 atom stereocenters. The quantitative estimate of drug-likeness (QED) is 0.391. The van der Waals surface area contributed by atoms with E-state index in [1.807, 2.05) is 0 Å². The molecule has 34 heavy (non-hydrogen) atoms. The Morgan fingerprint density at radius 1 is 0.971 bits per heavy atom. The van der Waals surface area contributed by atoms with Crippen LogP contribution in [0.25, 0.3) is 0 Å². The molecule has 3 aromatic rings. The number of nitrogens with one attached hydrogen (secondary N) is 2. The highest BCUT2D eigenvalue weighted by molar-refractivity contribution is 6.09. The van der Waals surface area contributed by atoms with E-state index in [9.17, 15) is 19.5 Å². The van der Waals surface area contributed by atoms with E-state index in [2.05, 4.69) is 20.6 Å². The van der Waals surface area contributed by atoms with E-state index in [1.165, 1.54) is 31.4 Å². The summed E-state index contributed by atoms with van der Waals surface area (Å²) in [5.74, 6) is -0.413. The smallest absolute Gasteiger partial charge is 0.337 e. The molecular weight excluding hydrogens is 438 g/mol. The van der Waals surface area contributed by atoms with Crippen LogP contribution in [0.15, 0.2) is 58.0 Å². The van der Waals surface area contributed by atoms with Crippen molar-refractivity contribution in [3.63, 3.8) is 0 Å². The van der Waals surface area contributed by atoms with E-state index in [1.54, 1.807) is 31.2 Å². The summed E-state index contributed by atoms with van der Waals surface area (Å²) < 4.78 is 10.6. The summed E-state index contributed by atoms with van der Waals surface area (Å²) in [6.07, 6.45) is 2.05. The summed E-state index contributed by atoms with van der Waals surface area (Å²) in [5, 5.41) is 16.4. The maximum atomic E-state index is 12.9. The minimum absolute atomic E-state index is 0.0685. The Morgan fingerprint density at radius 2 is 1.65 bits per heavy atom. The minimum Gasteiger partial charge on any atom is -0.508 e. The molecule has 174 valence electrons. The van der Waals surface area contributed by atoms with Crippen LogP contribution in [0.4, 0.5) is 5.69 Å². The lowest BCUT2D eigenvalue weighted by atomic mass is 9.93. The van der Waals surface area contributed by atoms with Gasteiger partial charge in [-0.3, -0.25) is 9.59 Å². The monoisotopic (exact) mass is 461 g/mol. The summed E-state index contributed by atoms with van der Waals surface area (Å²) in [5.41, 5.74) is 5.78. The molecule has 1 heterocycles. The average molecular weight is 461 g/mol. The summed E-state index contributed by atoms with van der Waals surface area (Å²) in [6, 6.07) is 12.2. The van der Waals surface area contributed by atoms with Crippen LogP contribution in [0.1, 0.15) is 61.0 Å². The van der Waals surface area contributed by atoms with Gasteiger partial charge in [-0.15, -0.1) is 0 Å². The summed E-state index contributed by atoms with van der Waals surface area (Å²) in [7, 11) is 1.30. The van der Waals surface area contributed by atoms with Gasteiger partial charge in [0.1, 0.15) is 11.5 Å². The fourth-order valence-electron chi connectivity index (χ4n) is 3.79. The summed E-state index contributed by atoms with van der Waals surface area (Å²) in [4.78, 5) is 36.8. The van der Waals surface area contributed by atoms with E-state index in [-0.39, 0.29) is 11.5 Å². The molecule has 3 N–H and O–H groups in total. The Bertz CT molecular complexity index is 1270. The number of carbonyl (C=O) groups is 3. The number of furan rings is 1. The molecule has 1 aromatic heterocycles. The number of methoxy groups -OCH3 is 1. The van der Waals surface area contributed by atoms with Crippen LogP contribution in [0.3, 0.4) is 0 Å². The number of fused-ring (bicyclic) bond motifs is 1. The number of phenolic OH excluding ortho intramolecular Hbond substituents is 1. The Balaban J connectivity index is 1.52. The molecule has 2 aromatic carbocycles. The van der Waals surface area contributed by atoms with Crippen LogP contribution in [0, 0.1) is 6.92 Å². The molecule has 0 unspecified atom stereocenters. The largest absolute Gasteiger partial charge is 0.508 e. The van der Waals surface area contributed by atoms with Crippen LogP contribution in [-0.2, 0) is 11.2 Å². The molecule has 0 radical (unpaired) electrons. The second-order valence-electron chi connectivity index (χ2n) is 7.78. The van der Waals surface area contributed by atoms with Crippen LogP contribution in [0.2, 0.25) is 0 Å². The molecule has 2 amide bonds. The number of amides is 2. The van der Waals surface area contributed by atoms with Crippen LogP contribution in [0.5, 0.6) is 5.75 Å². The molecule has 9 heteroatoms. The van der Waals surface area contributed by atoms with Crippen molar-refractivity contribution >= 4 is 29.2 Å². The van der Waals surface area contributed by atoms with Crippen LogP contribution in [-0.4, -0.2) is 35.7 Å². The van der Waals surface area contributed by atoms with Crippen molar-refractivity contribution < 1.29 is 28.6 Å².